The lowest BCUT2D eigenvalue weighted by molar-refractivity contribution is 0.102. The smallest absolute Gasteiger partial charge is 0.261 e. The number of benzene rings is 1. The summed E-state index contributed by atoms with van der Waals surface area (Å²) in [6.45, 7) is 1.70. The number of pyridine rings is 2. The van der Waals surface area contributed by atoms with E-state index in [9.17, 15) is 4.79 Å². The Balaban J connectivity index is 1.44. The predicted molar refractivity (Wildman–Crippen MR) is 126 cm³/mol. The SMILES string of the molecule is COc1nc(-c2cncc(-n3cccn3)c2)ccc1NC(=O)c1c(-c2ccccc2)noc1C. The molecule has 0 aliphatic carbocycles. The van der Waals surface area contributed by atoms with Crippen LogP contribution in [0.25, 0.3) is 28.2 Å². The van der Waals surface area contributed by atoms with E-state index in [1.807, 2.05) is 48.7 Å². The van der Waals surface area contributed by atoms with Gasteiger partial charge in [-0.2, -0.15) is 5.10 Å². The van der Waals surface area contributed by atoms with Crippen LogP contribution in [0.2, 0.25) is 0 Å². The van der Waals surface area contributed by atoms with E-state index >= 15 is 0 Å². The Labute approximate surface area is 195 Å². The van der Waals surface area contributed by atoms with E-state index in [4.69, 9.17) is 9.26 Å². The highest BCUT2D eigenvalue weighted by Gasteiger charge is 2.23. The number of carbonyl (C=O) groups excluding carboxylic acids is 1. The minimum Gasteiger partial charge on any atom is -0.479 e. The van der Waals surface area contributed by atoms with Crippen molar-refractivity contribution in [1.29, 1.82) is 0 Å². The predicted octanol–water partition coefficient (Wildman–Crippen LogP) is 4.55. The average molecular weight is 452 g/mol. The van der Waals surface area contributed by atoms with Crippen LogP contribution in [0.3, 0.4) is 0 Å². The molecule has 0 aliphatic rings. The van der Waals surface area contributed by atoms with Gasteiger partial charge in [0.2, 0.25) is 5.88 Å². The molecule has 0 unspecified atom stereocenters. The van der Waals surface area contributed by atoms with Crippen molar-refractivity contribution < 1.29 is 14.1 Å². The number of nitrogens with zero attached hydrogens (tertiary/aromatic N) is 5. The van der Waals surface area contributed by atoms with Gasteiger partial charge in [-0.1, -0.05) is 35.5 Å². The molecule has 5 aromatic rings. The topological polar surface area (TPSA) is 108 Å². The third-order valence-electron chi connectivity index (χ3n) is 5.23. The maximum absolute atomic E-state index is 13.2. The average Bonchev–Trinajstić information content (AvgIpc) is 3.55. The first-order valence-corrected chi connectivity index (χ1v) is 10.5. The number of nitrogens with one attached hydrogen (secondary N) is 1. The Morgan fingerprint density at radius 3 is 2.68 bits per heavy atom. The van der Waals surface area contributed by atoms with E-state index in [2.05, 4.69) is 25.5 Å². The summed E-state index contributed by atoms with van der Waals surface area (Å²) >= 11 is 0. The van der Waals surface area contributed by atoms with Crippen molar-refractivity contribution in [2.75, 3.05) is 12.4 Å². The van der Waals surface area contributed by atoms with Crippen LogP contribution >= 0.6 is 0 Å². The van der Waals surface area contributed by atoms with E-state index in [0.717, 1.165) is 16.8 Å². The maximum Gasteiger partial charge on any atom is 0.261 e. The van der Waals surface area contributed by atoms with Crippen LogP contribution in [0.15, 0.2) is 83.9 Å². The summed E-state index contributed by atoms with van der Waals surface area (Å²) in [5.74, 6) is 0.319. The molecule has 168 valence electrons. The second-order valence-electron chi connectivity index (χ2n) is 7.42. The molecule has 0 saturated carbocycles. The molecule has 9 nitrogen and oxygen atoms in total. The molecule has 0 spiro atoms. The number of hydrogen-bond acceptors (Lipinski definition) is 7. The Morgan fingerprint density at radius 1 is 1.06 bits per heavy atom. The van der Waals surface area contributed by atoms with Gasteiger partial charge in [-0.15, -0.1) is 0 Å². The largest absolute Gasteiger partial charge is 0.479 e. The van der Waals surface area contributed by atoms with Gasteiger partial charge in [-0.05, 0) is 31.2 Å². The monoisotopic (exact) mass is 452 g/mol. The number of methoxy groups -OCH3 is 1. The van der Waals surface area contributed by atoms with Gasteiger partial charge in [0.15, 0.2) is 0 Å². The standard InChI is InChI=1S/C25H20N6O3/c1-16-22(23(30-34-16)17-7-4-3-5-8-17)24(32)28-21-10-9-20(29-25(21)33-2)18-13-19(15-26-14-18)31-12-6-11-27-31/h3-15H,1-2H3,(H,28,32). The normalized spacial score (nSPS) is 10.8. The fourth-order valence-electron chi connectivity index (χ4n) is 3.58. The highest BCUT2D eigenvalue weighted by Crippen LogP contribution is 2.30. The molecule has 9 heteroatoms. The fraction of sp³-hybridized carbons (Fsp3) is 0.0800. The number of aromatic nitrogens is 5. The first-order valence-electron chi connectivity index (χ1n) is 10.5. The molecule has 5 rings (SSSR count). The zero-order chi connectivity index (χ0) is 23.5. The summed E-state index contributed by atoms with van der Waals surface area (Å²) in [6.07, 6.45) is 6.96. The van der Waals surface area contributed by atoms with Crippen molar-refractivity contribution in [3.05, 3.63) is 90.7 Å². The molecule has 0 saturated heterocycles. The molecule has 4 aromatic heterocycles. The molecular weight excluding hydrogens is 432 g/mol. The lowest BCUT2D eigenvalue weighted by Gasteiger charge is -2.12. The van der Waals surface area contributed by atoms with Crippen molar-refractivity contribution >= 4 is 11.6 Å². The zero-order valence-corrected chi connectivity index (χ0v) is 18.5. The molecule has 1 amide bonds. The van der Waals surface area contributed by atoms with Crippen molar-refractivity contribution in [2.45, 2.75) is 6.92 Å². The highest BCUT2D eigenvalue weighted by atomic mass is 16.5. The Morgan fingerprint density at radius 2 is 1.91 bits per heavy atom. The minimum absolute atomic E-state index is 0.269. The number of anilines is 1. The maximum atomic E-state index is 13.2. The highest BCUT2D eigenvalue weighted by molar-refractivity contribution is 6.09. The van der Waals surface area contributed by atoms with Gasteiger partial charge in [0.1, 0.15) is 22.7 Å². The van der Waals surface area contributed by atoms with Gasteiger partial charge in [0, 0.05) is 29.7 Å². The Bertz CT molecular complexity index is 1450. The van der Waals surface area contributed by atoms with Crippen LogP contribution in [0.4, 0.5) is 5.69 Å². The van der Waals surface area contributed by atoms with Crippen molar-refractivity contribution in [3.8, 4) is 34.1 Å². The number of ether oxygens (including phenoxy) is 1. The van der Waals surface area contributed by atoms with Gasteiger partial charge in [-0.25, -0.2) is 9.67 Å². The van der Waals surface area contributed by atoms with Gasteiger partial charge in [0.25, 0.3) is 5.91 Å². The third-order valence-corrected chi connectivity index (χ3v) is 5.23. The van der Waals surface area contributed by atoms with Gasteiger partial charge >= 0.3 is 0 Å². The van der Waals surface area contributed by atoms with Crippen LogP contribution in [-0.4, -0.2) is 37.9 Å². The first kappa shape index (κ1) is 21.1. The second kappa shape index (κ2) is 8.99. The lowest BCUT2D eigenvalue weighted by atomic mass is 10.1. The van der Waals surface area contributed by atoms with E-state index in [1.165, 1.54) is 7.11 Å². The van der Waals surface area contributed by atoms with E-state index in [-0.39, 0.29) is 11.8 Å². The molecule has 1 N–H and O–H groups in total. The number of hydrogen-bond donors (Lipinski definition) is 1. The van der Waals surface area contributed by atoms with Crippen LogP contribution in [0.1, 0.15) is 16.1 Å². The van der Waals surface area contributed by atoms with Gasteiger partial charge < -0.3 is 14.6 Å². The summed E-state index contributed by atoms with van der Waals surface area (Å²) in [4.78, 5) is 22.0. The molecule has 0 radical (unpaired) electrons. The molecule has 4 heterocycles. The summed E-state index contributed by atoms with van der Waals surface area (Å²) < 4.78 is 12.5. The van der Waals surface area contributed by atoms with Crippen molar-refractivity contribution in [1.82, 2.24) is 24.9 Å². The summed E-state index contributed by atoms with van der Waals surface area (Å²) in [7, 11) is 1.50. The van der Waals surface area contributed by atoms with Crippen LogP contribution in [-0.2, 0) is 0 Å². The Kier molecular flexibility index (Phi) is 5.57. The van der Waals surface area contributed by atoms with Crippen LogP contribution in [0, 0.1) is 6.92 Å². The molecular formula is C25H20N6O3. The van der Waals surface area contributed by atoms with Crippen molar-refractivity contribution in [2.24, 2.45) is 0 Å². The van der Waals surface area contributed by atoms with E-state index < -0.39 is 0 Å². The zero-order valence-electron chi connectivity index (χ0n) is 18.5. The van der Waals surface area contributed by atoms with Crippen molar-refractivity contribution in [3.63, 3.8) is 0 Å². The van der Waals surface area contributed by atoms with Gasteiger partial charge in [-0.3, -0.25) is 9.78 Å². The molecule has 0 atom stereocenters. The molecule has 34 heavy (non-hydrogen) atoms. The number of carbonyl (C=O) groups is 1. The first-order chi connectivity index (χ1) is 16.6. The van der Waals surface area contributed by atoms with Crippen LogP contribution < -0.4 is 10.1 Å². The summed E-state index contributed by atoms with van der Waals surface area (Å²) in [5.41, 5.74) is 4.26. The van der Waals surface area contributed by atoms with E-state index in [1.54, 1.807) is 42.3 Å². The number of amides is 1. The summed E-state index contributed by atoms with van der Waals surface area (Å²) in [5, 5.41) is 11.2. The Hall–Kier alpha value is -4.79. The second-order valence-corrected chi connectivity index (χ2v) is 7.42. The third kappa shape index (κ3) is 4.02. The van der Waals surface area contributed by atoms with E-state index in [0.29, 0.717) is 28.4 Å². The molecule has 0 bridgehead atoms. The molecule has 1 aromatic carbocycles. The summed E-state index contributed by atoms with van der Waals surface area (Å²) in [6, 6.07) is 16.7. The fourth-order valence-corrected chi connectivity index (χ4v) is 3.58. The number of aryl methyl sites for hydroxylation is 1. The molecule has 0 aliphatic heterocycles. The quantitative estimate of drug-likeness (QED) is 0.402. The van der Waals surface area contributed by atoms with Crippen LogP contribution in [0.5, 0.6) is 5.88 Å². The van der Waals surface area contributed by atoms with Gasteiger partial charge in [0.05, 0.1) is 24.7 Å². The molecule has 0 fully saturated rings. The lowest BCUT2D eigenvalue weighted by Crippen LogP contribution is -2.14. The number of rotatable bonds is 6. The minimum atomic E-state index is -0.368.